The maximum atomic E-state index is 12.3. The van der Waals surface area contributed by atoms with E-state index in [1.54, 1.807) is 0 Å². The zero-order valence-electron chi connectivity index (χ0n) is 10.3. The van der Waals surface area contributed by atoms with Gasteiger partial charge in [0.25, 0.3) is 5.91 Å². The molecule has 0 bridgehead atoms. The van der Waals surface area contributed by atoms with E-state index in [1.165, 1.54) is 0 Å². The molecule has 0 spiro atoms. The maximum Gasteiger partial charge on any atom is 0.253 e. The summed E-state index contributed by atoms with van der Waals surface area (Å²) in [5.41, 5.74) is 0.712. The molecular weight excluding hydrogens is 228 g/mol. The van der Waals surface area contributed by atoms with Crippen LogP contribution in [0.15, 0.2) is 30.3 Å². The monoisotopic (exact) mass is 246 g/mol. The Hall–Kier alpha value is -1.84. The number of carbonyl (C=O) groups is 2. The number of nitrogens with zero attached hydrogens (tertiary/aromatic N) is 1. The van der Waals surface area contributed by atoms with E-state index in [-0.39, 0.29) is 11.9 Å². The molecule has 1 aromatic rings. The van der Waals surface area contributed by atoms with Crippen LogP contribution in [0, 0.1) is 0 Å². The second-order valence-electron chi connectivity index (χ2n) is 4.59. The third-order valence-electron chi connectivity index (χ3n) is 3.28. The standard InChI is InChI=1S/C14H18N2O2/c17-11-15-13-8-4-5-9-16(10-13)14(18)12-6-2-1-3-7-12/h1-3,6-7,11,13H,4-5,8-10H2,(H,15,17). The van der Waals surface area contributed by atoms with Gasteiger partial charge in [0, 0.05) is 24.7 Å². The number of benzene rings is 1. The van der Waals surface area contributed by atoms with Gasteiger partial charge in [-0.3, -0.25) is 9.59 Å². The van der Waals surface area contributed by atoms with Crippen LogP contribution in [0.5, 0.6) is 0 Å². The zero-order chi connectivity index (χ0) is 12.8. The van der Waals surface area contributed by atoms with Crippen LogP contribution < -0.4 is 5.32 Å². The van der Waals surface area contributed by atoms with Crippen molar-refractivity contribution in [1.82, 2.24) is 10.2 Å². The first-order chi connectivity index (χ1) is 8.81. The molecule has 0 radical (unpaired) electrons. The van der Waals surface area contributed by atoms with E-state index in [0.29, 0.717) is 12.1 Å². The predicted octanol–water partition coefficient (Wildman–Crippen LogP) is 1.43. The van der Waals surface area contributed by atoms with Gasteiger partial charge in [-0.2, -0.15) is 0 Å². The van der Waals surface area contributed by atoms with Crippen molar-refractivity contribution in [2.24, 2.45) is 0 Å². The van der Waals surface area contributed by atoms with E-state index < -0.39 is 0 Å². The molecule has 96 valence electrons. The fraction of sp³-hybridized carbons (Fsp3) is 0.429. The van der Waals surface area contributed by atoms with E-state index in [9.17, 15) is 9.59 Å². The topological polar surface area (TPSA) is 49.4 Å². The average molecular weight is 246 g/mol. The third kappa shape index (κ3) is 3.09. The zero-order valence-corrected chi connectivity index (χ0v) is 10.3. The number of rotatable bonds is 3. The molecule has 2 amide bonds. The SMILES string of the molecule is O=CNC1CCCCN(C(=O)c2ccccc2)C1. The number of nitrogens with one attached hydrogen (secondary N) is 1. The van der Waals surface area contributed by atoms with Crippen LogP contribution in [0.3, 0.4) is 0 Å². The smallest absolute Gasteiger partial charge is 0.253 e. The van der Waals surface area contributed by atoms with Crippen molar-refractivity contribution < 1.29 is 9.59 Å². The molecule has 1 heterocycles. The number of hydrogen-bond acceptors (Lipinski definition) is 2. The minimum atomic E-state index is 0.0511. The van der Waals surface area contributed by atoms with Gasteiger partial charge in [-0.05, 0) is 31.4 Å². The van der Waals surface area contributed by atoms with Crippen molar-refractivity contribution in [3.63, 3.8) is 0 Å². The molecule has 1 N–H and O–H groups in total. The Morgan fingerprint density at radius 3 is 2.78 bits per heavy atom. The van der Waals surface area contributed by atoms with Crippen LogP contribution in [0.4, 0.5) is 0 Å². The molecule has 0 aromatic heterocycles. The summed E-state index contributed by atoms with van der Waals surface area (Å²) in [6, 6.07) is 9.37. The number of carbonyl (C=O) groups excluding carboxylic acids is 2. The van der Waals surface area contributed by atoms with Crippen LogP contribution >= 0.6 is 0 Å². The fourth-order valence-corrected chi connectivity index (χ4v) is 2.32. The van der Waals surface area contributed by atoms with E-state index in [1.807, 2.05) is 35.2 Å². The lowest BCUT2D eigenvalue weighted by atomic mass is 10.1. The second kappa shape index (κ2) is 6.19. The van der Waals surface area contributed by atoms with Crippen LogP contribution in [-0.4, -0.2) is 36.3 Å². The number of amides is 2. The summed E-state index contributed by atoms with van der Waals surface area (Å²) in [5, 5.41) is 2.79. The van der Waals surface area contributed by atoms with Crippen LogP contribution in [0.1, 0.15) is 29.6 Å². The van der Waals surface area contributed by atoms with Gasteiger partial charge in [0.05, 0.1) is 0 Å². The first-order valence-corrected chi connectivity index (χ1v) is 6.35. The fourth-order valence-electron chi connectivity index (χ4n) is 2.32. The van der Waals surface area contributed by atoms with Crippen molar-refractivity contribution >= 4 is 12.3 Å². The molecule has 2 rings (SSSR count). The molecule has 1 aliphatic heterocycles. The van der Waals surface area contributed by atoms with Crippen molar-refractivity contribution in [2.75, 3.05) is 13.1 Å². The Morgan fingerprint density at radius 2 is 2.06 bits per heavy atom. The number of likely N-dealkylation sites (tertiary alicyclic amines) is 1. The molecular formula is C14H18N2O2. The van der Waals surface area contributed by atoms with Crippen LogP contribution in [-0.2, 0) is 4.79 Å². The minimum Gasteiger partial charge on any atom is -0.354 e. The van der Waals surface area contributed by atoms with Crippen molar-refractivity contribution in [1.29, 1.82) is 0 Å². The normalized spacial score (nSPS) is 20.0. The lowest BCUT2D eigenvalue weighted by Crippen LogP contribution is -2.42. The molecule has 18 heavy (non-hydrogen) atoms. The highest BCUT2D eigenvalue weighted by Gasteiger charge is 2.22. The highest BCUT2D eigenvalue weighted by atomic mass is 16.2. The molecule has 0 aliphatic carbocycles. The summed E-state index contributed by atoms with van der Waals surface area (Å²) >= 11 is 0. The predicted molar refractivity (Wildman–Crippen MR) is 69.2 cm³/mol. The second-order valence-corrected chi connectivity index (χ2v) is 4.59. The first kappa shape index (κ1) is 12.6. The molecule has 1 fully saturated rings. The summed E-state index contributed by atoms with van der Waals surface area (Å²) in [4.78, 5) is 24.7. The van der Waals surface area contributed by atoms with E-state index in [4.69, 9.17) is 0 Å². The number of hydrogen-bond donors (Lipinski definition) is 1. The highest BCUT2D eigenvalue weighted by Crippen LogP contribution is 2.13. The summed E-state index contributed by atoms with van der Waals surface area (Å²) in [5.74, 6) is 0.0511. The van der Waals surface area contributed by atoms with Crippen molar-refractivity contribution in [3.8, 4) is 0 Å². The average Bonchev–Trinajstić information content (AvgIpc) is 2.65. The van der Waals surface area contributed by atoms with E-state index >= 15 is 0 Å². The molecule has 1 saturated heterocycles. The quantitative estimate of drug-likeness (QED) is 0.820. The van der Waals surface area contributed by atoms with Gasteiger partial charge in [0.2, 0.25) is 6.41 Å². The largest absolute Gasteiger partial charge is 0.354 e. The molecule has 4 nitrogen and oxygen atoms in total. The highest BCUT2D eigenvalue weighted by molar-refractivity contribution is 5.94. The minimum absolute atomic E-state index is 0.0511. The van der Waals surface area contributed by atoms with Crippen molar-refractivity contribution in [3.05, 3.63) is 35.9 Å². The van der Waals surface area contributed by atoms with Gasteiger partial charge >= 0.3 is 0 Å². The Morgan fingerprint density at radius 1 is 1.28 bits per heavy atom. The van der Waals surface area contributed by atoms with Gasteiger partial charge in [0.15, 0.2) is 0 Å². The van der Waals surface area contributed by atoms with E-state index in [0.717, 1.165) is 32.2 Å². The summed E-state index contributed by atoms with van der Waals surface area (Å²) < 4.78 is 0. The molecule has 1 unspecified atom stereocenters. The summed E-state index contributed by atoms with van der Waals surface area (Å²) in [7, 11) is 0. The van der Waals surface area contributed by atoms with Gasteiger partial charge in [-0.1, -0.05) is 18.2 Å². The maximum absolute atomic E-state index is 12.3. The summed E-state index contributed by atoms with van der Waals surface area (Å²) in [6.45, 7) is 1.37. The Kier molecular flexibility index (Phi) is 4.34. The third-order valence-corrected chi connectivity index (χ3v) is 3.28. The molecule has 1 aliphatic rings. The van der Waals surface area contributed by atoms with Gasteiger partial charge in [-0.15, -0.1) is 0 Å². The molecule has 4 heteroatoms. The first-order valence-electron chi connectivity index (χ1n) is 6.35. The molecule has 1 aromatic carbocycles. The van der Waals surface area contributed by atoms with E-state index in [2.05, 4.69) is 5.32 Å². The Bertz CT molecular complexity index is 406. The Labute approximate surface area is 107 Å². The lowest BCUT2D eigenvalue weighted by Gasteiger charge is -2.24. The lowest BCUT2D eigenvalue weighted by molar-refractivity contribution is -0.110. The molecule has 1 atom stereocenters. The van der Waals surface area contributed by atoms with Crippen LogP contribution in [0.25, 0.3) is 0 Å². The van der Waals surface area contributed by atoms with Gasteiger partial charge in [0.1, 0.15) is 0 Å². The molecule has 0 saturated carbocycles. The van der Waals surface area contributed by atoms with Gasteiger partial charge < -0.3 is 10.2 Å². The summed E-state index contributed by atoms with van der Waals surface area (Å²) in [6.07, 6.45) is 3.71. The van der Waals surface area contributed by atoms with Crippen LogP contribution in [0.2, 0.25) is 0 Å². The Balaban J connectivity index is 2.06. The van der Waals surface area contributed by atoms with Gasteiger partial charge in [-0.25, -0.2) is 0 Å². The van der Waals surface area contributed by atoms with Crippen molar-refractivity contribution in [2.45, 2.75) is 25.3 Å².